The summed E-state index contributed by atoms with van der Waals surface area (Å²) in [7, 11) is -0.315. The Morgan fingerprint density at radius 3 is 2.63 bits per heavy atom. The number of hydrogen-bond acceptors (Lipinski definition) is 8. The maximum absolute atomic E-state index is 12.8. The molecule has 0 saturated carbocycles. The number of aromatic hydroxyl groups is 1. The van der Waals surface area contributed by atoms with E-state index in [0.717, 1.165) is 4.57 Å². The zero-order valence-corrected chi connectivity index (χ0v) is 17.6. The Balaban J connectivity index is 2.17. The lowest BCUT2D eigenvalue weighted by atomic mass is 10.0. The van der Waals surface area contributed by atoms with E-state index in [0.29, 0.717) is 17.2 Å². The van der Waals surface area contributed by atoms with Gasteiger partial charge in [0.1, 0.15) is 28.8 Å². The molecule has 0 radical (unpaired) electrons. The first-order valence-corrected chi connectivity index (χ1v) is 10.9. The summed E-state index contributed by atoms with van der Waals surface area (Å²) in [6.45, 7) is 1.53. The zero-order chi connectivity index (χ0) is 22.1. The second-order valence-corrected chi connectivity index (χ2v) is 9.11. The first-order valence-electron chi connectivity index (χ1n) is 9.07. The molecule has 0 aliphatic carbocycles. The van der Waals surface area contributed by atoms with E-state index in [1.54, 1.807) is 18.2 Å². The molecule has 1 unspecified atom stereocenters. The Labute approximate surface area is 173 Å². The quantitative estimate of drug-likeness (QED) is 0.715. The van der Waals surface area contributed by atoms with Crippen molar-refractivity contribution in [1.82, 2.24) is 4.57 Å². The van der Waals surface area contributed by atoms with E-state index in [9.17, 15) is 23.6 Å². The van der Waals surface area contributed by atoms with Gasteiger partial charge in [-0.15, -0.1) is 0 Å². The molecule has 9 nitrogen and oxygen atoms in total. The number of nitrogens with zero attached hydrogens (tertiary/aromatic N) is 3. The lowest BCUT2D eigenvalue weighted by molar-refractivity contribution is 0.379. The van der Waals surface area contributed by atoms with Crippen molar-refractivity contribution in [3.63, 3.8) is 0 Å². The zero-order valence-electron chi connectivity index (χ0n) is 16.7. The van der Waals surface area contributed by atoms with Gasteiger partial charge >= 0.3 is 0 Å². The van der Waals surface area contributed by atoms with Gasteiger partial charge in [0.05, 0.1) is 37.3 Å². The summed E-state index contributed by atoms with van der Waals surface area (Å²) in [6, 6.07) is 6.12. The number of ether oxygens (including phenoxy) is 2. The van der Waals surface area contributed by atoms with Crippen molar-refractivity contribution in [3.8, 4) is 23.4 Å². The summed E-state index contributed by atoms with van der Waals surface area (Å²) in [5, 5.41) is 20.3. The van der Waals surface area contributed by atoms with Gasteiger partial charge in [-0.1, -0.05) is 0 Å². The van der Waals surface area contributed by atoms with Crippen molar-refractivity contribution >= 4 is 21.7 Å². The number of aromatic nitrogens is 1. The summed E-state index contributed by atoms with van der Waals surface area (Å²) in [4.78, 5) is 17.1. The number of hydrogen-bond donors (Lipinski definition) is 1. The largest absolute Gasteiger partial charge is 0.497 e. The second-order valence-electron chi connectivity index (χ2n) is 6.88. The number of pyridine rings is 1. The van der Waals surface area contributed by atoms with E-state index in [1.807, 2.05) is 6.07 Å². The third kappa shape index (κ3) is 3.89. The van der Waals surface area contributed by atoms with Crippen LogP contribution in [0.25, 0.3) is 0 Å². The van der Waals surface area contributed by atoms with Crippen LogP contribution in [-0.4, -0.2) is 50.0 Å². The van der Waals surface area contributed by atoms with Crippen molar-refractivity contribution in [1.29, 1.82) is 5.26 Å². The van der Waals surface area contributed by atoms with E-state index >= 15 is 0 Å². The average molecular weight is 431 g/mol. The van der Waals surface area contributed by atoms with E-state index in [1.165, 1.54) is 27.4 Å². The van der Waals surface area contributed by atoms with Gasteiger partial charge in [-0.25, -0.2) is 8.42 Å². The van der Waals surface area contributed by atoms with E-state index in [4.69, 9.17) is 9.47 Å². The molecule has 0 amide bonds. The molecule has 1 N–H and O–H groups in total. The molecule has 1 saturated heterocycles. The van der Waals surface area contributed by atoms with Gasteiger partial charge in [0.15, 0.2) is 9.84 Å². The number of methoxy groups -OCH3 is 2. The SMILES string of the molecule is COc1ccc(OC)c(N=Cc2c(C)c(C#N)c(=O)n(C3CCS(=O)(=O)C3)c2O)c1. The molecule has 0 spiro atoms. The summed E-state index contributed by atoms with van der Waals surface area (Å²) < 4.78 is 35.2. The molecule has 0 bridgehead atoms. The van der Waals surface area contributed by atoms with E-state index in [-0.39, 0.29) is 34.6 Å². The summed E-state index contributed by atoms with van der Waals surface area (Å²) in [5.74, 6) is 0.227. The Morgan fingerprint density at radius 2 is 2.07 bits per heavy atom. The standard InChI is InChI=1S/C20H21N3O6S/c1-12-15(9-21)19(24)23(13-6-7-30(26,27)11-13)20(25)16(12)10-22-17-8-14(28-2)4-5-18(17)29-3/h4-5,8,10,13,25H,6-7,11H2,1-3H3. The van der Waals surface area contributed by atoms with Crippen LogP contribution in [0, 0.1) is 18.3 Å². The highest BCUT2D eigenvalue weighted by Crippen LogP contribution is 2.33. The van der Waals surface area contributed by atoms with Crippen molar-refractivity contribution in [2.75, 3.05) is 25.7 Å². The first-order chi connectivity index (χ1) is 14.2. The molecule has 10 heteroatoms. The smallest absolute Gasteiger partial charge is 0.271 e. The minimum Gasteiger partial charge on any atom is -0.497 e. The monoisotopic (exact) mass is 431 g/mol. The minimum absolute atomic E-state index is 0.0796. The fraction of sp³-hybridized carbons (Fsp3) is 0.350. The van der Waals surface area contributed by atoms with Gasteiger partial charge in [0, 0.05) is 12.3 Å². The first kappa shape index (κ1) is 21.4. The van der Waals surface area contributed by atoms with Crippen LogP contribution < -0.4 is 15.0 Å². The number of sulfone groups is 1. The molecule has 1 aromatic carbocycles. The predicted molar refractivity (Wildman–Crippen MR) is 111 cm³/mol. The molecule has 2 aromatic rings. The van der Waals surface area contributed by atoms with Gasteiger partial charge in [0.25, 0.3) is 5.56 Å². The Morgan fingerprint density at radius 1 is 1.33 bits per heavy atom. The number of nitriles is 1. The minimum atomic E-state index is -3.31. The van der Waals surface area contributed by atoms with Gasteiger partial charge < -0.3 is 14.6 Å². The van der Waals surface area contributed by atoms with Crippen LogP contribution in [0.5, 0.6) is 17.4 Å². The molecule has 2 heterocycles. The predicted octanol–water partition coefficient (Wildman–Crippen LogP) is 1.86. The third-order valence-electron chi connectivity index (χ3n) is 5.08. The van der Waals surface area contributed by atoms with Crippen molar-refractivity contribution in [3.05, 3.63) is 45.2 Å². The van der Waals surface area contributed by atoms with Crippen molar-refractivity contribution < 1.29 is 23.0 Å². The highest BCUT2D eigenvalue weighted by Gasteiger charge is 2.33. The number of rotatable bonds is 5. The molecular formula is C20H21N3O6S. The number of aliphatic imine (C=N–C) groups is 1. The molecule has 1 fully saturated rings. The molecular weight excluding hydrogens is 410 g/mol. The lowest BCUT2D eigenvalue weighted by Crippen LogP contribution is -2.29. The third-order valence-corrected chi connectivity index (χ3v) is 6.84. The summed E-state index contributed by atoms with van der Waals surface area (Å²) >= 11 is 0. The molecule has 3 rings (SSSR count). The van der Waals surface area contributed by atoms with Crippen LogP contribution in [0.2, 0.25) is 0 Å². The highest BCUT2D eigenvalue weighted by molar-refractivity contribution is 7.91. The number of benzene rings is 1. The van der Waals surface area contributed by atoms with Gasteiger partial charge in [0.2, 0.25) is 5.88 Å². The molecule has 30 heavy (non-hydrogen) atoms. The lowest BCUT2D eigenvalue weighted by Gasteiger charge is -2.18. The topological polar surface area (TPSA) is 131 Å². The molecule has 1 aliphatic heterocycles. The molecule has 1 aromatic heterocycles. The maximum Gasteiger partial charge on any atom is 0.271 e. The average Bonchev–Trinajstić information content (AvgIpc) is 3.07. The van der Waals surface area contributed by atoms with Crippen LogP contribution in [0.4, 0.5) is 5.69 Å². The Hall–Kier alpha value is -3.32. The van der Waals surface area contributed by atoms with Gasteiger partial charge in [-0.3, -0.25) is 14.4 Å². The Bertz CT molecular complexity index is 1220. The van der Waals surface area contributed by atoms with Gasteiger partial charge in [-0.2, -0.15) is 5.26 Å². The van der Waals surface area contributed by atoms with E-state index < -0.39 is 27.3 Å². The van der Waals surface area contributed by atoms with Crippen LogP contribution in [-0.2, 0) is 9.84 Å². The summed E-state index contributed by atoms with van der Waals surface area (Å²) in [6.07, 6.45) is 1.51. The van der Waals surface area contributed by atoms with E-state index in [2.05, 4.69) is 4.99 Å². The van der Waals surface area contributed by atoms with Crippen LogP contribution in [0.3, 0.4) is 0 Å². The van der Waals surface area contributed by atoms with Crippen LogP contribution >= 0.6 is 0 Å². The van der Waals surface area contributed by atoms with Gasteiger partial charge in [-0.05, 0) is 31.0 Å². The molecule has 1 aliphatic rings. The van der Waals surface area contributed by atoms with Crippen LogP contribution in [0.1, 0.15) is 29.2 Å². The Kier molecular flexibility index (Phi) is 5.85. The molecule has 1 atom stereocenters. The summed E-state index contributed by atoms with van der Waals surface area (Å²) in [5.41, 5.74) is -0.0692. The van der Waals surface area contributed by atoms with Crippen molar-refractivity contribution in [2.45, 2.75) is 19.4 Å². The normalized spacial score (nSPS) is 17.7. The fourth-order valence-corrected chi connectivity index (χ4v) is 5.14. The van der Waals surface area contributed by atoms with Crippen molar-refractivity contribution in [2.24, 2.45) is 4.99 Å². The highest BCUT2D eigenvalue weighted by atomic mass is 32.2. The maximum atomic E-state index is 12.8. The molecule has 158 valence electrons. The van der Waals surface area contributed by atoms with Crippen LogP contribution in [0.15, 0.2) is 28.0 Å². The second kappa shape index (κ2) is 8.20. The fourth-order valence-electron chi connectivity index (χ4n) is 3.44.